The minimum atomic E-state index is -0.215. The van der Waals surface area contributed by atoms with Gasteiger partial charge in [-0.15, -0.1) is 0 Å². The SMILES string of the molecule is O=C(CCc1nc2ccccc2c(=O)n1C1CC1)Nc1ccc(=O)n(Cc2ccccc2Cl)c1. The molecule has 1 aliphatic carbocycles. The summed E-state index contributed by atoms with van der Waals surface area (Å²) in [7, 11) is 0. The van der Waals surface area contributed by atoms with E-state index in [-0.39, 0.29) is 29.5 Å². The van der Waals surface area contributed by atoms with E-state index in [2.05, 4.69) is 10.3 Å². The zero-order valence-electron chi connectivity index (χ0n) is 18.4. The van der Waals surface area contributed by atoms with Crippen molar-refractivity contribution < 1.29 is 4.79 Å². The van der Waals surface area contributed by atoms with E-state index in [1.165, 1.54) is 10.6 Å². The average molecular weight is 475 g/mol. The van der Waals surface area contributed by atoms with Crippen LogP contribution in [0, 0.1) is 0 Å². The smallest absolute Gasteiger partial charge is 0.261 e. The van der Waals surface area contributed by atoms with E-state index in [9.17, 15) is 14.4 Å². The Morgan fingerprint density at radius 1 is 1.03 bits per heavy atom. The van der Waals surface area contributed by atoms with Crippen LogP contribution in [0.1, 0.15) is 36.7 Å². The molecule has 7 nitrogen and oxygen atoms in total. The Kier molecular flexibility index (Phi) is 6.02. The Bertz CT molecular complexity index is 1500. The third-order valence-electron chi connectivity index (χ3n) is 5.93. The molecule has 1 N–H and O–H groups in total. The molecule has 0 spiro atoms. The molecule has 1 amide bonds. The van der Waals surface area contributed by atoms with Gasteiger partial charge in [-0.1, -0.05) is 41.9 Å². The summed E-state index contributed by atoms with van der Waals surface area (Å²) in [6.45, 7) is 0.302. The van der Waals surface area contributed by atoms with Gasteiger partial charge in [-0.3, -0.25) is 19.0 Å². The maximum Gasteiger partial charge on any atom is 0.261 e. The Morgan fingerprint density at radius 3 is 2.59 bits per heavy atom. The van der Waals surface area contributed by atoms with E-state index >= 15 is 0 Å². The molecule has 2 aromatic heterocycles. The van der Waals surface area contributed by atoms with Gasteiger partial charge in [-0.05, 0) is 42.7 Å². The fraction of sp³-hybridized carbons (Fsp3) is 0.231. The first-order chi connectivity index (χ1) is 16.5. The van der Waals surface area contributed by atoms with Crippen molar-refractivity contribution in [2.75, 3.05) is 5.32 Å². The number of benzene rings is 2. The van der Waals surface area contributed by atoms with Gasteiger partial charge in [0, 0.05) is 36.2 Å². The van der Waals surface area contributed by atoms with Crippen LogP contribution >= 0.6 is 11.6 Å². The van der Waals surface area contributed by atoms with Gasteiger partial charge in [0.15, 0.2) is 0 Å². The molecule has 0 unspecified atom stereocenters. The fourth-order valence-corrected chi connectivity index (χ4v) is 4.26. The second kappa shape index (κ2) is 9.27. The standard InChI is InChI=1S/C26H23ClN4O3/c27-21-7-3-1-5-17(21)15-30-16-18(9-14-25(30)33)28-24(32)13-12-23-29-22-8-4-2-6-20(22)26(34)31(23)19-10-11-19/h1-9,14,16,19H,10-13,15H2,(H,28,32). The van der Waals surface area contributed by atoms with Crippen LogP contribution in [-0.4, -0.2) is 20.0 Å². The van der Waals surface area contributed by atoms with Crippen molar-refractivity contribution in [3.8, 4) is 0 Å². The number of carbonyl (C=O) groups excluding carboxylic acids is 1. The zero-order valence-corrected chi connectivity index (χ0v) is 19.2. The first kappa shape index (κ1) is 22.1. The first-order valence-electron chi connectivity index (χ1n) is 11.2. The van der Waals surface area contributed by atoms with Gasteiger partial charge in [0.1, 0.15) is 5.82 Å². The molecule has 5 rings (SSSR count). The summed E-state index contributed by atoms with van der Waals surface area (Å²) in [5.74, 6) is 0.415. The number of pyridine rings is 1. The summed E-state index contributed by atoms with van der Waals surface area (Å²) in [5, 5.41) is 4.03. The molecule has 0 atom stereocenters. The third-order valence-corrected chi connectivity index (χ3v) is 6.30. The monoisotopic (exact) mass is 474 g/mol. The molecule has 2 heterocycles. The number of carbonyl (C=O) groups is 1. The van der Waals surface area contributed by atoms with Crippen LogP contribution in [0.4, 0.5) is 5.69 Å². The van der Waals surface area contributed by atoms with E-state index in [0.717, 1.165) is 18.4 Å². The maximum atomic E-state index is 13.0. The van der Waals surface area contributed by atoms with Gasteiger partial charge in [0.05, 0.1) is 23.1 Å². The summed E-state index contributed by atoms with van der Waals surface area (Å²) < 4.78 is 3.26. The number of hydrogen-bond donors (Lipinski definition) is 1. The lowest BCUT2D eigenvalue weighted by atomic mass is 10.2. The van der Waals surface area contributed by atoms with Crippen LogP contribution in [0.2, 0.25) is 5.02 Å². The second-order valence-electron chi connectivity index (χ2n) is 8.48. The average Bonchev–Trinajstić information content (AvgIpc) is 3.66. The molecule has 1 saturated carbocycles. The first-order valence-corrected chi connectivity index (χ1v) is 11.6. The molecule has 172 valence electrons. The molecular formula is C26H23ClN4O3. The number of hydrogen-bond acceptors (Lipinski definition) is 4. The summed E-state index contributed by atoms with van der Waals surface area (Å²) in [4.78, 5) is 42.7. The van der Waals surface area contributed by atoms with Gasteiger partial charge in [0.25, 0.3) is 11.1 Å². The Labute approximate surface area is 200 Å². The van der Waals surface area contributed by atoms with Crippen molar-refractivity contribution in [1.29, 1.82) is 0 Å². The second-order valence-corrected chi connectivity index (χ2v) is 8.88. The number of aromatic nitrogens is 3. The van der Waals surface area contributed by atoms with Crippen LogP contribution in [0.5, 0.6) is 0 Å². The van der Waals surface area contributed by atoms with E-state index in [1.54, 1.807) is 29.0 Å². The van der Waals surface area contributed by atoms with Gasteiger partial charge >= 0.3 is 0 Å². The third kappa shape index (κ3) is 4.65. The molecule has 0 saturated heterocycles. The van der Waals surface area contributed by atoms with Crippen LogP contribution in [-0.2, 0) is 17.8 Å². The van der Waals surface area contributed by atoms with Crippen molar-refractivity contribution in [2.45, 2.75) is 38.3 Å². The summed E-state index contributed by atoms with van der Waals surface area (Å²) in [6.07, 6.45) is 4.03. The van der Waals surface area contributed by atoms with Crippen LogP contribution < -0.4 is 16.4 Å². The minimum absolute atomic E-state index is 0.0462. The fourth-order valence-electron chi connectivity index (χ4n) is 4.07. The van der Waals surface area contributed by atoms with Crippen molar-refractivity contribution in [1.82, 2.24) is 14.1 Å². The number of nitrogens with zero attached hydrogens (tertiary/aromatic N) is 3. The predicted molar refractivity (Wildman–Crippen MR) is 132 cm³/mol. The highest BCUT2D eigenvalue weighted by Gasteiger charge is 2.28. The molecule has 34 heavy (non-hydrogen) atoms. The highest BCUT2D eigenvalue weighted by Crippen LogP contribution is 2.35. The largest absolute Gasteiger partial charge is 0.325 e. The number of fused-ring (bicyclic) bond motifs is 1. The van der Waals surface area contributed by atoms with Gasteiger partial charge in [-0.25, -0.2) is 4.98 Å². The van der Waals surface area contributed by atoms with Crippen molar-refractivity contribution in [3.05, 3.63) is 104 Å². The highest BCUT2D eigenvalue weighted by atomic mass is 35.5. The predicted octanol–water partition coefficient (Wildman–Crippen LogP) is 4.17. The topological polar surface area (TPSA) is 86.0 Å². The zero-order chi connectivity index (χ0) is 23.7. The molecule has 2 aromatic carbocycles. The van der Waals surface area contributed by atoms with Crippen molar-refractivity contribution >= 4 is 34.1 Å². The van der Waals surface area contributed by atoms with Crippen molar-refractivity contribution in [2.24, 2.45) is 0 Å². The lowest BCUT2D eigenvalue weighted by Crippen LogP contribution is -2.26. The van der Waals surface area contributed by atoms with Gasteiger partial charge in [-0.2, -0.15) is 0 Å². The number of anilines is 1. The van der Waals surface area contributed by atoms with Gasteiger partial charge < -0.3 is 9.88 Å². The highest BCUT2D eigenvalue weighted by molar-refractivity contribution is 6.31. The van der Waals surface area contributed by atoms with E-state index in [4.69, 9.17) is 11.6 Å². The number of halogens is 1. The number of rotatable bonds is 7. The number of aryl methyl sites for hydroxylation is 1. The summed E-state index contributed by atoms with van der Waals surface area (Å²) in [6, 6.07) is 17.8. The van der Waals surface area contributed by atoms with E-state index in [0.29, 0.717) is 40.4 Å². The van der Waals surface area contributed by atoms with Gasteiger partial charge in [0.2, 0.25) is 5.91 Å². The van der Waals surface area contributed by atoms with Crippen LogP contribution in [0.15, 0.2) is 76.4 Å². The number of nitrogens with one attached hydrogen (secondary N) is 1. The van der Waals surface area contributed by atoms with E-state index < -0.39 is 0 Å². The van der Waals surface area contributed by atoms with Crippen molar-refractivity contribution in [3.63, 3.8) is 0 Å². The van der Waals surface area contributed by atoms with Crippen LogP contribution in [0.25, 0.3) is 10.9 Å². The molecule has 0 bridgehead atoms. The lowest BCUT2D eigenvalue weighted by molar-refractivity contribution is -0.116. The molecular weight excluding hydrogens is 452 g/mol. The molecule has 1 fully saturated rings. The Hall–Kier alpha value is -3.71. The molecule has 0 radical (unpaired) electrons. The Balaban J connectivity index is 1.31. The molecule has 4 aromatic rings. The summed E-state index contributed by atoms with van der Waals surface area (Å²) >= 11 is 6.22. The minimum Gasteiger partial charge on any atom is -0.325 e. The quantitative estimate of drug-likeness (QED) is 0.435. The van der Waals surface area contributed by atoms with Crippen LogP contribution in [0.3, 0.4) is 0 Å². The number of para-hydroxylation sites is 1. The maximum absolute atomic E-state index is 13.0. The lowest BCUT2D eigenvalue weighted by Gasteiger charge is -2.13. The van der Waals surface area contributed by atoms with E-state index in [1.807, 2.05) is 36.4 Å². The number of amides is 1. The molecule has 8 heteroatoms. The summed E-state index contributed by atoms with van der Waals surface area (Å²) in [5.41, 5.74) is 1.74. The normalized spacial score (nSPS) is 13.2. The Morgan fingerprint density at radius 2 is 1.79 bits per heavy atom. The molecule has 1 aliphatic rings. The molecule has 0 aliphatic heterocycles.